The van der Waals surface area contributed by atoms with Crippen molar-refractivity contribution in [2.45, 2.75) is 39.5 Å². The molecule has 2 aromatic rings. The van der Waals surface area contributed by atoms with Crippen molar-refractivity contribution in [2.24, 2.45) is 10.9 Å². The summed E-state index contributed by atoms with van der Waals surface area (Å²) in [6.45, 7) is 9.22. The first-order valence-corrected chi connectivity index (χ1v) is 9.52. The van der Waals surface area contributed by atoms with Crippen molar-refractivity contribution >= 4 is 5.96 Å². The van der Waals surface area contributed by atoms with Gasteiger partial charge >= 0.3 is 0 Å². The molecule has 1 aromatic heterocycles. The van der Waals surface area contributed by atoms with E-state index >= 15 is 0 Å². The van der Waals surface area contributed by atoms with Gasteiger partial charge in [0.2, 0.25) is 0 Å². The minimum atomic E-state index is 0.604. The highest BCUT2D eigenvalue weighted by molar-refractivity contribution is 5.80. The second-order valence-corrected chi connectivity index (χ2v) is 7.26. The number of hydrogen-bond donors (Lipinski definition) is 1. The molecule has 1 N–H and O–H groups in total. The largest absolute Gasteiger partial charge is 0.361 e. The van der Waals surface area contributed by atoms with Gasteiger partial charge in [0, 0.05) is 32.2 Å². The monoisotopic (exact) mass is 354 g/mol. The van der Waals surface area contributed by atoms with Crippen LogP contribution in [0.5, 0.6) is 0 Å². The van der Waals surface area contributed by atoms with Crippen LogP contribution in [0.1, 0.15) is 41.8 Å². The SMILES string of the molecule is CN=C(NCCc1c(C)noc1C)N1CCC(c2ccccc2)C(C)C1. The predicted octanol–water partition coefficient (Wildman–Crippen LogP) is 3.53. The molecule has 0 radical (unpaired) electrons. The lowest BCUT2D eigenvalue weighted by Gasteiger charge is -2.39. The van der Waals surface area contributed by atoms with Gasteiger partial charge in [0.05, 0.1) is 5.69 Å². The lowest BCUT2D eigenvalue weighted by atomic mass is 9.82. The summed E-state index contributed by atoms with van der Waals surface area (Å²) in [6.07, 6.45) is 2.06. The number of piperidine rings is 1. The minimum absolute atomic E-state index is 0.604. The third kappa shape index (κ3) is 4.09. The van der Waals surface area contributed by atoms with Crippen LogP contribution in [-0.4, -0.2) is 42.7 Å². The van der Waals surface area contributed by atoms with E-state index in [1.54, 1.807) is 0 Å². The summed E-state index contributed by atoms with van der Waals surface area (Å²) in [7, 11) is 1.87. The fourth-order valence-electron chi connectivity index (χ4n) is 4.02. The van der Waals surface area contributed by atoms with Crippen LogP contribution in [0.25, 0.3) is 0 Å². The molecule has 1 fully saturated rings. The van der Waals surface area contributed by atoms with Crippen molar-refractivity contribution in [3.8, 4) is 0 Å². The van der Waals surface area contributed by atoms with Crippen molar-refractivity contribution in [3.63, 3.8) is 0 Å². The second-order valence-electron chi connectivity index (χ2n) is 7.26. The Kier molecular flexibility index (Phi) is 5.96. The van der Waals surface area contributed by atoms with Gasteiger partial charge < -0.3 is 14.7 Å². The first kappa shape index (κ1) is 18.5. The average molecular weight is 354 g/mol. The maximum Gasteiger partial charge on any atom is 0.193 e. The van der Waals surface area contributed by atoms with Crippen LogP contribution >= 0.6 is 0 Å². The Morgan fingerprint density at radius 3 is 2.69 bits per heavy atom. The number of hydrogen-bond acceptors (Lipinski definition) is 3. The van der Waals surface area contributed by atoms with Crippen molar-refractivity contribution in [1.29, 1.82) is 0 Å². The summed E-state index contributed by atoms with van der Waals surface area (Å²) < 4.78 is 5.24. The molecular formula is C21H30N4O. The van der Waals surface area contributed by atoms with Crippen LogP contribution in [-0.2, 0) is 6.42 Å². The number of aliphatic imine (C=N–C) groups is 1. The van der Waals surface area contributed by atoms with E-state index in [2.05, 4.69) is 57.6 Å². The fourth-order valence-corrected chi connectivity index (χ4v) is 4.02. The number of aromatic nitrogens is 1. The van der Waals surface area contributed by atoms with Gasteiger partial charge in [-0.3, -0.25) is 4.99 Å². The first-order valence-electron chi connectivity index (χ1n) is 9.52. The standard InChI is InChI=1S/C21H30N4O/c1-15-14-25(13-11-19(15)18-8-6-5-7-9-18)21(22-4)23-12-10-20-16(2)24-26-17(20)3/h5-9,15,19H,10-14H2,1-4H3,(H,22,23). The average Bonchev–Trinajstić information content (AvgIpc) is 2.97. The third-order valence-corrected chi connectivity index (χ3v) is 5.48. The highest BCUT2D eigenvalue weighted by Crippen LogP contribution is 2.32. The molecule has 0 spiro atoms. The Labute approximate surface area is 156 Å². The molecule has 5 nitrogen and oxygen atoms in total. The number of nitrogens with one attached hydrogen (secondary N) is 1. The number of rotatable bonds is 4. The van der Waals surface area contributed by atoms with Gasteiger partial charge in [-0.05, 0) is 44.1 Å². The summed E-state index contributed by atoms with van der Waals surface area (Å²) in [4.78, 5) is 6.89. The van der Waals surface area contributed by atoms with E-state index in [4.69, 9.17) is 4.52 Å². The van der Waals surface area contributed by atoms with E-state index < -0.39 is 0 Å². The van der Waals surface area contributed by atoms with Gasteiger partial charge in [-0.15, -0.1) is 0 Å². The Hall–Kier alpha value is -2.30. The molecule has 0 aliphatic carbocycles. The third-order valence-electron chi connectivity index (χ3n) is 5.48. The van der Waals surface area contributed by atoms with Gasteiger partial charge in [0.25, 0.3) is 0 Å². The van der Waals surface area contributed by atoms with Crippen molar-refractivity contribution in [2.75, 3.05) is 26.7 Å². The zero-order chi connectivity index (χ0) is 18.5. The van der Waals surface area contributed by atoms with Gasteiger partial charge in [-0.2, -0.15) is 0 Å². The topological polar surface area (TPSA) is 53.7 Å². The number of benzene rings is 1. The highest BCUT2D eigenvalue weighted by Gasteiger charge is 2.28. The van der Waals surface area contributed by atoms with E-state index in [-0.39, 0.29) is 0 Å². The molecule has 1 aromatic carbocycles. The Balaban J connectivity index is 1.55. The maximum atomic E-state index is 5.24. The first-order chi connectivity index (χ1) is 12.6. The summed E-state index contributed by atoms with van der Waals surface area (Å²) >= 11 is 0. The number of guanidine groups is 1. The summed E-state index contributed by atoms with van der Waals surface area (Å²) in [5.74, 6) is 3.15. The molecule has 2 heterocycles. The molecule has 2 unspecified atom stereocenters. The molecule has 3 rings (SSSR count). The Morgan fingerprint density at radius 1 is 1.31 bits per heavy atom. The van der Waals surface area contributed by atoms with E-state index in [1.165, 1.54) is 11.1 Å². The van der Waals surface area contributed by atoms with Gasteiger partial charge in [-0.25, -0.2) is 0 Å². The van der Waals surface area contributed by atoms with Crippen molar-refractivity contribution in [3.05, 3.63) is 52.9 Å². The number of nitrogens with zero attached hydrogens (tertiary/aromatic N) is 3. The van der Waals surface area contributed by atoms with Gasteiger partial charge in [0.15, 0.2) is 5.96 Å². The quantitative estimate of drug-likeness (QED) is 0.674. The molecule has 26 heavy (non-hydrogen) atoms. The molecule has 1 aliphatic rings. The van der Waals surface area contributed by atoms with Crippen LogP contribution in [0.15, 0.2) is 39.8 Å². The number of aryl methyl sites for hydroxylation is 2. The molecule has 0 amide bonds. The Bertz CT molecular complexity index is 718. The maximum absolute atomic E-state index is 5.24. The van der Waals surface area contributed by atoms with E-state index in [0.29, 0.717) is 11.8 Å². The van der Waals surface area contributed by atoms with Crippen LogP contribution in [0.4, 0.5) is 0 Å². The lowest BCUT2D eigenvalue weighted by Crippen LogP contribution is -2.48. The van der Waals surface area contributed by atoms with E-state index in [9.17, 15) is 0 Å². The van der Waals surface area contributed by atoms with E-state index in [1.807, 2.05) is 20.9 Å². The molecular weight excluding hydrogens is 324 g/mol. The second kappa shape index (κ2) is 8.39. The molecule has 2 atom stereocenters. The summed E-state index contributed by atoms with van der Waals surface area (Å²) in [5, 5.41) is 7.54. The fraction of sp³-hybridized carbons (Fsp3) is 0.524. The lowest BCUT2D eigenvalue weighted by molar-refractivity contribution is 0.234. The smallest absolute Gasteiger partial charge is 0.193 e. The molecule has 0 saturated carbocycles. The zero-order valence-electron chi connectivity index (χ0n) is 16.3. The van der Waals surface area contributed by atoms with Crippen molar-refractivity contribution in [1.82, 2.24) is 15.4 Å². The van der Waals surface area contributed by atoms with Gasteiger partial charge in [0.1, 0.15) is 5.76 Å². The van der Waals surface area contributed by atoms with Crippen LogP contribution in [0.3, 0.4) is 0 Å². The Morgan fingerprint density at radius 2 is 2.08 bits per heavy atom. The predicted molar refractivity (Wildman–Crippen MR) is 106 cm³/mol. The summed E-state index contributed by atoms with van der Waals surface area (Å²) in [6, 6.07) is 10.9. The van der Waals surface area contributed by atoms with Gasteiger partial charge in [-0.1, -0.05) is 42.4 Å². The highest BCUT2D eigenvalue weighted by atomic mass is 16.5. The van der Waals surface area contributed by atoms with Crippen LogP contribution < -0.4 is 5.32 Å². The van der Waals surface area contributed by atoms with Crippen molar-refractivity contribution < 1.29 is 4.52 Å². The van der Waals surface area contributed by atoms with Crippen LogP contribution in [0.2, 0.25) is 0 Å². The summed E-state index contributed by atoms with van der Waals surface area (Å²) in [5.41, 5.74) is 3.64. The number of likely N-dealkylation sites (tertiary alicyclic amines) is 1. The van der Waals surface area contributed by atoms with E-state index in [0.717, 1.165) is 49.9 Å². The molecule has 140 valence electrons. The van der Waals surface area contributed by atoms with Crippen LogP contribution in [0, 0.1) is 19.8 Å². The molecule has 1 saturated heterocycles. The zero-order valence-corrected chi connectivity index (χ0v) is 16.3. The molecule has 0 bridgehead atoms. The normalized spacial score (nSPS) is 21.1. The minimum Gasteiger partial charge on any atom is -0.361 e. The molecule has 1 aliphatic heterocycles. The molecule has 5 heteroatoms.